The SMILES string of the molecule is CC1(C)NC(C)(C)C(=O)N(CCN2C(=O)C(C)(C)NC(C)(C)C2=O)C1=O. The van der Waals surface area contributed by atoms with Gasteiger partial charge in [0.05, 0.1) is 22.2 Å². The van der Waals surface area contributed by atoms with E-state index < -0.39 is 22.2 Å². The number of hydrogen-bond donors (Lipinski definition) is 2. The molecule has 0 unspecified atom stereocenters. The van der Waals surface area contributed by atoms with Crippen molar-refractivity contribution in [3.63, 3.8) is 0 Å². The van der Waals surface area contributed by atoms with Crippen LogP contribution >= 0.6 is 0 Å². The van der Waals surface area contributed by atoms with Gasteiger partial charge in [0.2, 0.25) is 23.6 Å². The lowest BCUT2D eigenvalue weighted by molar-refractivity contribution is -0.164. The third-order valence-corrected chi connectivity index (χ3v) is 4.92. The van der Waals surface area contributed by atoms with Gasteiger partial charge < -0.3 is 0 Å². The lowest BCUT2D eigenvalue weighted by Gasteiger charge is -2.47. The summed E-state index contributed by atoms with van der Waals surface area (Å²) >= 11 is 0. The summed E-state index contributed by atoms with van der Waals surface area (Å²) in [7, 11) is 0. The van der Waals surface area contributed by atoms with Gasteiger partial charge in [-0.25, -0.2) is 0 Å². The van der Waals surface area contributed by atoms with E-state index in [1.54, 1.807) is 55.4 Å². The van der Waals surface area contributed by atoms with Crippen LogP contribution in [0.1, 0.15) is 55.4 Å². The van der Waals surface area contributed by atoms with Crippen molar-refractivity contribution in [3.05, 3.63) is 0 Å². The molecule has 8 nitrogen and oxygen atoms in total. The van der Waals surface area contributed by atoms with Gasteiger partial charge in [0.1, 0.15) is 0 Å². The molecule has 2 rings (SSSR count). The lowest BCUT2D eigenvalue weighted by atomic mass is 9.89. The molecule has 2 aliphatic rings. The van der Waals surface area contributed by atoms with E-state index in [2.05, 4.69) is 10.6 Å². The van der Waals surface area contributed by atoms with Crippen LogP contribution < -0.4 is 10.6 Å². The van der Waals surface area contributed by atoms with Crippen LogP contribution in [0.5, 0.6) is 0 Å². The number of rotatable bonds is 3. The molecule has 2 saturated heterocycles. The molecule has 0 aromatic heterocycles. The highest BCUT2D eigenvalue weighted by Crippen LogP contribution is 2.26. The predicted molar refractivity (Wildman–Crippen MR) is 96.0 cm³/mol. The van der Waals surface area contributed by atoms with Gasteiger partial charge in [-0.05, 0) is 55.4 Å². The molecule has 0 aliphatic carbocycles. The molecule has 4 amide bonds. The molecule has 0 spiro atoms. The Morgan fingerprint density at radius 2 is 0.731 bits per heavy atom. The van der Waals surface area contributed by atoms with Crippen molar-refractivity contribution in [2.75, 3.05) is 13.1 Å². The fourth-order valence-electron chi connectivity index (χ4n) is 3.92. The zero-order valence-electron chi connectivity index (χ0n) is 16.9. The van der Waals surface area contributed by atoms with Crippen LogP contribution in [0.3, 0.4) is 0 Å². The molecule has 0 radical (unpaired) electrons. The third-order valence-electron chi connectivity index (χ3n) is 4.92. The van der Waals surface area contributed by atoms with E-state index >= 15 is 0 Å². The number of piperazine rings is 2. The van der Waals surface area contributed by atoms with E-state index in [1.807, 2.05) is 0 Å². The Bertz CT molecular complexity index is 569. The van der Waals surface area contributed by atoms with E-state index in [0.29, 0.717) is 0 Å². The Morgan fingerprint density at radius 1 is 0.538 bits per heavy atom. The van der Waals surface area contributed by atoms with Crippen LogP contribution in [0.2, 0.25) is 0 Å². The Kier molecular flexibility index (Phi) is 4.62. The van der Waals surface area contributed by atoms with Gasteiger partial charge in [-0.2, -0.15) is 0 Å². The Hall–Kier alpha value is -1.80. The average molecular weight is 366 g/mol. The van der Waals surface area contributed by atoms with Gasteiger partial charge in [-0.15, -0.1) is 0 Å². The zero-order chi connectivity index (χ0) is 20.3. The maximum absolute atomic E-state index is 12.7. The first-order chi connectivity index (χ1) is 11.5. The number of imide groups is 2. The molecular formula is C18H30N4O4. The Balaban J connectivity index is 2.25. The van der Waals surface area contributed by atoms with Crippen LogP contribution in [0, 0.1) is 0 Å². The second kappa shape index (κ2) is 5.85. The molecule has 0 bridgehead atoms. The molecular weight excluding hydrogens is 336 g/mol. The van der Waals surface area contributed by atoms with Gasteiger partial charge in [0, 0.05) is 13.1 Å². The minimum Gasteiger partial charge on any atom is -0.290 e. The highest BCUT2D eigenvalue weighted by molar-refractivity contribution is 6.07. The number of nitrogens with one attached hydrogen (secondary N) is 2. The Labute approximate surface area is 154 Å². The summed E-state index contributed by atoms with van der Waals surface area (Å²) in [6.07, 6.45) is 0. The van der Waals surface area contributed by atoms with Crippen molar-refractivity contribution in [2.24, 2.45) is 0 Å². The van der Waals surface area contributed by atoms with Crippen molar-refractivity contribution in [3.8, 4) is 0 Å². The van der Waals surface area contributed by atoms with Crippen molar-refractivity contribution >= 4 is 23.6 Å². The molecule has 2 N–H and O–H groups in total. The first-order valence-corrected chi connectivity index (χ1v) is 8.84. The van der Waals surface area contributed by atoms with E-state index in [0.717, 1.165) is 9.80 Å². The fourth-order valence-corrected chi connectivity index (χ4v) is 3.92. The summed E-state index contributed by atoms with van der Waals surface area (Å²) in [5.74, 6) is -1.46. The quantitative estimate of drug-likeness (QED) is 0.683. The first-order valence-electron chi connectivity index (χ1n) is 8.84. The molecule has 0 saturated carbocycles. The average Bonchev–Trinajstić information content (AvgIpc) is 2.45. The molecule has 8 heteroatoms. The summed E-state index contributed by atoms with van der Waals surface area (Å²) in [4.78, 5) is 53.0. The van der Waals surface area contributed by atoms with Crippen LogP contribution in [-0.4, -0.2) is 68.7 Å². The normalized spacial score (nSPS) is 27.1. The van der Waals surface area contributed by atoms with Crippen LogP contribution in [-0.2, 0) is 19.2 Å². The maximum atomic E-state index is 12.7. The van der Waals surface area contributed by atoms with Gasteiger partial charge in [-0.3, -0.25) is 39.6 Å². The standard InChI is InChI=1S/C18H30N4O4/c1-15(2)11(23)21(12(24)16(3,4)19-15)9-10-22-13(25)17(5,6)20-18(7,8)14(22)26/h19-20H,9-10H2,1-8H3. The topological polar surface area (TPSA) is 98.8 Å². The second-order valence-corrected chi connectivity index (χ2v) is 9.27. The van der Waals surface area contributed by atoms with Gasteiger partial charge in [-0.1, -0.05) is 0 Å². The van der Waals surface area contributed by atoms with E-state index in [4.69, 9.17) is 0 Å². The summed E-state index contributed by atoms with van der Waals surface area (Å²) < 4.78 is 0. The molecule has 0 aromatic rings. The van der Waals surface area contributed by atoms with Crippen molar-refractivity contribution in [2.45, 2.75) is 77.5 Å². The molecule has 26 heavy (non-hydrogen) atoms. The highest BCUT2D eigenvalue weighted by atomic mass is 16.2. The highest BCUT2D eigenvalue weighted by Gasteiger charge is 2.52. The lowest BCUT2D eigenvalue weighted by Crippen LogP contribution is -2.75. The van der Waals surface area contributed by atoms with E-state index in [1.165, 1.54) is 0 Å². The van der Waals surface area contributed by atoms with E-state index in [9.17, 15) is 19.2 Å². The van der Waals surface area contributed by atoms with Crippen molar-refractivity contribution < 1.29 is 19.2 Å². The van der Waals surface area contributed by atoms with Gasteiger partial charge >= 0.3 is 0 Å². The summed E-state index contributed by atoms with van der Waals surface area (Å²) in [6.45, 7) is 13.7. The van der Waals surface area contributed by atoms with Crippen LogP contribution in [0.25, 0.3) is 0 Å². The number of amides is 4. The van der Waals surface area contributed by atoms with Crippen LogP contribution in [0.4, 0.5) is 0 Å². The molecule has 2 heterocycles. The minimum absolute atomic E-state index is 0.0180. The monoisotopic (exact) mass is 366 g/mol. The number of hydrogen-bond acceptors (Lipinski definition) is 6. The second-order valence-electron chi connectivity index (χ2n) is 9.27. The molecule has 146 valence electrons. The minimum atomic E-state index is -0.909. The number of carbonyl (C=O) groups is 4. The summed E-state index contributed by atoms with van der Waals surface area (Å²) in [5.41, 5.74) is -3.64. The fraction of sp³-hybridized carbons (Fsp3) is 0.778. The predicted octanol–water partition coefficient (Wildman–Crippen LogP) is 0.0176. The summed E-state index contributed by atoms with van der Waals surface area (Å²) in [5, 5.41) is 6.09. The smallest absolute Gasteiger partial charge is 0.249 e. The summed E-state index contributed by atoms with van der Waals surface area (Å²) in [6, 6.07) is 0. The molecule has 0 atom stereocenters. The molecule has 2 aliphatic heterocycles. The van der Waals surface area contributed by atoms with Gasteiger partial charge in [0.15, 0.2) is 0 Å². The molecule has 0 aromatic carbocycles. The molecule has 2 fully saturated rings. The number of carbonyl (C=O) groups excluding carboxylic acids is 4. The third kappa shape index (κ3) is 3.27. The largest absolute Gasteiger partial charge is 0.290 e. The van der Waals surface area contributed by atoms with Gasteiger partial charge in [0.25, 0.3) is 0 Å². The number of nitrogens with zero attached hydrogens (tertiary/aromatic N) is 2. The van der Waals surface area contributed by atoms with Crippen LogP contribution in [0.15, 0.2) is 0 Å². The first kappa shape index (κ1) is 20.5. The Morgan fingerprint density at radius 3 is 0.923 bits per heavy atom. The zero-order valence-corrected chi connectivity index (χ0v) is 16.9. The van der Waals surface area contributed by atoms with Crippen molar-refractivity contribution in [1.82, 2.24) is 20.4 Å². The van der Waals surface area contributed by atoms with E-state index in [-0.39, 0.29) is 36.7 Å². The maximum Gasteiger partial charge on any atom is 0.249 e. The van der Waals surface area contributed by atoms with Crippen molar-refractivity contribution in [1.29, 1.82) is 0 Å².